The third-order valence-electron chi connectivity index (χ3n) is 4.09. The molecular formula is C16H21N3OS2. The van der Waals surface area contributed by atoms with Gasteiger partial charge in [0, 0.05) is 35.6 Å². The zero-order chi connectivity index (χ0) is 15.5. The van der Waals surface area contributed by atoms with Crippen LogP contribution in [0, 0.1) is 6.92 Å². The number of likely N-dealkylation sites (tertiary alicyclic amines) is 1. The van der Waals surface area contributed by atoms with Crippen LogP contribution in [0.25, 0.3) is 0 Å². The second-order valence-electron chi connectivity index (χ2n) is 5.62. The van der Waals surface area contributed by atoms with Gasteiger partial charge in [-0.2, -0.15) is 0 Å². The fourth-order valence-electron chi connectivity index (χ4n) is 2.83. The van der Waals surface area contributed by atoms with Crippen LogP contribution in [0.5, 0.6) is 0 Å². The Hall–Kier alpha value is -1.40. The van der Waals surface area contributed by atoms with E-state index in [1.165, 1.54) is 10.4 Å². The van der Waals surface area contributed by atoms with Crippen LogP contribution in [0.2, 0.25) is 0 Å². The molecule has 0 aromatic carbocycles. The fraction of sp³-hybridized carbons (Fsp3) is 0.500. The van der Waals surface area contributed by atoms with Gasteiger partial charge in [-0.15, -0.1) is 22.7 Å². The minimum atomic E-state index is 0.195. The first-order valence-electron chi connectivity index (χ1n) is 7.72. The highest BCUT2D eigenvalue weighted by Crippen LogP contribution is 2.25. The number of piperidine rings is 1. The van der Waals surface area contributed by atoms with Gasteiger partial charge in [0.25, 0.3) is 5.91 Å². The molecule has 1 aliphatic heterocycles. The first-order chi connectivity index (χ1) is 10.7. The molecule has 4 nitrogen and oxygen atoms in total. The monoisotopic (exact) mass is 335 g/mol. The first kappa shape index (κ1) is 15.5. The summed E-state index contributed by atoms with van der Waals surface area (Å²) in [4.78, 5) is 21.1. The molecule has 1 N–H and O–H groups in total. The maximum Gasteiger partial charge on any atom is 0.263 e. The molecule has 0 radical (unpaired) electrons. The smallest absolute Gasteiger partial charge is 0.263 e. The van der Waals surface area contributed by atoms with E-state index < -0.39 is 0 Å². The molecule has 1 amide bonds. The summed E-state index contributed by atoms with van der Waals surface area (Å²) in [6, 6.07) is 2.47. The predicted octanol–water partition coefficient (Wildman–Crippen LogP) is 3.79. The summed E-state index contributed by atoms with van der Waals surface area (Å²) in [5.41, 5.74) is 1.25. The number of carbonyl (C=O) groups excluding carboxylic acids is 1. The molecule has 3 heterocycles. The summed E-state index contributed by atoms with van der Waals surface area (Å²) in [6.07, 6.45) is 4.78. The quantitative estimate of drug-likeness (QED) is 0.924. The molecule has 0 atom stereocenters. The Morgan fingerprint density at radius 1 is 1.45 bits per heavy atom. The van der Waals surface area contributed by atoms with Crippen molar-refractivity contribution in [1.29, 1.82) is 0 Å². The normalized spacial score (nSPS) is 16.0. The summed E-state index contributed by atoms with van der Waals surface area (Å²) < 4.78 is 0. The van der Waals surface area contributed by atoms with Crippen LogP contribution < -0.4 is 5.32 Å². The standard InChI is InChI=1S/C16H21N3OS2/c1-3-13-11(2)10-14(22-13)15(20)19-7-4-12(5-8-19)18-16-17-6-9-21-16/h6,9-10,12H,3-5,7-8H2,1-2H3,(H,17,18). The van der Waals surface area contributed by atoms with E-state index in [4.69, 9.17) is 0 Å². The van der Waals surface area contributed by atoms with Gasteiger partial charge in [-0.05, 0) is 37.8 Å². The number of carbonyl (C=O) groups is 1. The van der Waals surface area contributed by atoms with E-state index in [1.54, 1.807) is 22.7 Å². The van der Waals surface area contributed by atoms with E-state index in [-0.39, 0.29) is 5.91 Å². The van der Waals surface area contributed by atoms with Crippen LogP contribution in [0.4, 0.5) is 5.13 Å². The van der Waals surface area contributed by atoms with E-state index in [0.717, 1.165) is 42.4 Å². The Kier molecular flexibility index (Phi) is 4.78. The second kappa shape index (κ2) is 6.79. The summed E-state index contributed by atoms with van der Waals surface area (Å²) in [5.74, 6) is 0.195. The van der Waals surface area contributed by atoms with Gasteiger partial charge < -0.3 is 10.2 Å². The number of thiazole rings is 1. The van der Waals surface area contributed by atoms with E-state index >= 15 is 0 Å². The van der Waals surface area contributed by atoms with Crippen molar-refractivity contribution >= 4 is 33.7 Å². The van der Waals surface area contributed by atoms with Gasteiger partial charge in [-0.1, -0.05) is 6.92 Å². The van der Waals surface area contributed by atoms with Gasteiger partial charge in [0.1, 0.15) is 0 Å². The molecule has 3 rings (SSSR count). The molecule has 1 fully saturated rings. The molecule has 0 bridgehead atoms. The molecule has 1 saturated heterocycles. The van der Waals surface area contributed by atoms with E-state index in [9.17, 15) is 4.79 Å². The lowest BCUT2D eigenvalue weighted by Crippen LogP contribution is -2.42. The SMILES string of the molecule is CCc1sc(C(=O)N2CCC(Nc3nccs3)CC2)cc1C. The van der Waals surface area contributed by atoms with Crippen molar-refractivity contribution in [3.8, 4) is 0 Å². The largest absolute Gasteiger partial charge is 0.359 e. The van der Waals surface area contributed by atoms with Crippen molar-refractivity contribution in [3.05, 3.63) is 33.0 Å². The number of amides is 1. The molecular weight excluding hydrogens is 314 g/mol. The summed E-state index contributed by atoms with van der Waals surface area (Å²) >= 11 is 3.28. The highest BCUT2D eigenvalue weighted by Gasteiger charge is 2.25. The van der Waals surface area contributed by atoms with Crippen LogP contribution in [0.15, 0.2) is 17.6 Å². The Balaban J connectivity index is 1.57. The molecule has 2 aromatic rings. The molecule has 0 saturated carbocycles. The average molecular weight is 335 g/mol. The lowest BCUT2D eigenvalue weighted by Gasteiger charge is -2.32. The number of nitrogens with zero attached hydrogens (tertiary/aromatic N) is 2. The number of hydrogen-bond donors (Lipinski definition) is 1. The Labute approximate surface area is 139 Å². The van der Waals surface area contributed by atoms with E-state index in [2.05, 4.69) is 24.1 Å². The average Bonchev–Trinajstić information content (AvgIpc) is 3.16. The van der Waals surface area contributed by atoms with Crippen molar-refractivity contribution in [2.24, 2.45) is 0 Å². The summed E-state index contributed by atoms with van der Waals surface area (Å²) in [5, 5.41) is 6.41. The van der Waals surface area contributed by atoms with Gasteiger partial charge in [0.15, 0.2) is 5.13 Å². The predicted molar refractivity (Wildman–Crippen MR) is 93.1 cm³/mol. The summed E-state index contributed by atoms with van der Waals surface area (Å²) in [6.45, 7) is 5.87. The number of anilines is 1. The summed E-state index contributed by atoms with van der Waals surface area (Å²) in [7, 11) is 0. The van der Waals surface area contributed by atoms with Crippen molar-refractivity contribution in [2.75, 3.05) is 18.4 Å². The molecule has 0 unspecified atom stereocenters. The Bertz CT molecular complexity index is 628. The van der Waals surface area contributed by atoms with Crippen LogP contribution >= 0.6 is 22.7 Å². The maximum absolute atomic E-state index is 12.6. The van der Waals surface area contributed by atoms with Crippen LogP contribution in [-0.4, -0.2) is 34.9 Å². The van der Waals surface area contributed by atoms with Gasteiger partial charge in [0.05, 0.1) is 4.88 Å². The van der Waals surface area contributed by atoms with Gasteiger partial charge in [0.2, 0.25) is 0 Å². The van der Waals surface area contributed by atoms with Crippen molar-refractivity contribution in [2.45, 2.75) is 39.2 Å². The molecule has 22 heavy (non-hydrogen) atoms. The van der Waals surface area contributed by atoms with Gasteiger partial charge >= 0.3 is 0 Å². The van der Waals surface area contributed by atoms with Gasteiger partial charge in [-0.3, -0.25) is 4.79 Å². The molecule has 118 valence electrons. The van der Waals surface area contributed by atoms with Crippen molar-refractivity contribution < 1.29 is 4.79 Å². The van der Waals surface area contributed by atoms with Crippen LogP contribution in [0.1, 0.15) is 39.9 Å². The Morgan fingerprint density at radius 3 is 2.82 bits per heavy atom. The minimum Gasteiger partial charge on any atom is -0.359 e. The third kappa shape index (κ3) is 3.33. The van der Waals surface area contributed by atoms with Crippen LogP contribution in [0.3, 0.4) is 0 Å². The number of nitrogens with one attached hydrogen (secondary N) is 1. The lowest BCUT2D eigenvalue weighted by atomic mass is 10.1. The molecule has 1 aliphatic rings. The highest BCUT2D eigenvalue weighted by atomic mass is 32.1. The van der Waals surface area contributed by atoms with Crippen molar-refractivity contribution in [1.82, 2.24) is 9.88 Å². The number of aryl methyl sites for hydroxylation is 2. The van der Waals surface area contributed by atoms with E-state index in [1.807, 2.05) is 22.5 Å². The Morgan fingerprint density at radius 2 is 2.23 bits per heavy atom. The molecule has 2 aromatic heterocycles. The zero-order valence-corrected chi connectivity index (χ0v) is 14.6. The third-order valence-corrected chi connectivity index (χ3v) is 6.17. The lowest BCUT2D eigenvalue weighted by molar-refractivity contribution is 0.0723. The first-order valence-corrected chi connectivity index (χ1v) is 9.41. The molecule has 0 spiro atoms. The van der Waals surface area contributed by atoms with Gasteiger partial charge in [-0.25, -0.2) is 4.98 Å². The van der Waals surface area contributed by atoms with Crippen molar-refractivity contribution in [3.63, 3.8) is 0 Å². The van der Waals surface area contributed by atoms with Crippen LogP contribution in [-0.2, 0) is 6.42 Å². The zero-order valence-electron chi connectivity index (χ0n) is 13.0. The fourth-order valence-corrected chi connectivity index (χ4v) is 4.52. The van der Waals surface area contributed by atoms with E-state index in [0.29, 0.717) is 6.04 Å². The topological polar surface area (TPSA) is 45.2 Å². The highest BCUT2D eigenvalue weighted by molar-refractivity contribution is 7.14. The minimum absolute atomic E-state index is 0.195. The maximum atomic E-state index is 12.6. The molecule has 6 heteroatoms. The molecule has 0 aliphatic carbocycles. The number of hydrogen-bond acceptors (Lipinski definition) is 5. The number of rotatable bonds is 4. The number of thiophene rings is 1. The second-order valence-corrected chi connectivity index (χ2v) is 7.65. The number of aromatic nitrogens is 1.